The van der Waals surface area contributed by atoms with Crippen LogP contribution in [-0.4, -0.2) is 71.1 Å². The molecule has 3 N–H and O–H groups in total. The molecule has 0 aromatic carbocycles. The number of nitrogens with one attached hydrogen (secondary N) is 1. The van der Waals surface area contributed by atoms with Crippen molar-refractivity contribution in [1.82, 2.24) is 14.6 Å². The summed E-state index contributed by atoms with van der Waals surface area (Å²) in [6, 6.07) is -3.49. The van der Waals surface area contributed by atoms with Gasteiger partial charge in [0.05, 0.1) is 7.11 Å². The van der Waals surface area contributed by atoms with E-state index < -0.39 is 46.3 Å². The van der Waals surface area contributed by atoms with Gasteiger partial charge in [-0.2, -0.15) is 0 Å². The number of rotatable bonds is 7. The summed E-state index contributed by atoms with van der Waals surface area (Å²) in [4.78, 5) is 45.3. The first-order chi connectivity index (χ1) is 13.0. The van der Waals surface area contributed by atoms with E-state index in [-0.39, 0.29) is 50.4 Å². The number of oxime groups is 1. The number of β-lactam (4-membered cyclic amide) rings is 1. The number of esters is 1. The van der Waals surface area contributed by atoms with Gasteiger partial charge in [0.1, 0.15) is 17.8 Å². The van der Waals surface area contributed by atoms with Crippen LogP contribution in [0.2, 0.25) is 0 Å². The average Bonchev–Trinajstić information content (AvgIpc) is 3.01. The number of nitrogens with two attached hydrogens (primary N) is 1. The zero-order chi connectivity index (χ0) is 21.2. The normalized spacial score (nSPS) is 19.3. The molecule has 0 saturated carbocycles. The number of hydrogen-bond donors (Lipinski definition) is 2. The Morgan fingerprint density at radius 2 is 2.07 bits per heavy atom. The number of carbonyl (C=O) groups excluding carboxylic acids is 3. The van der Waals surface area contributed by atoms with Gasteiger partial charge < -0.3 is 25.2 Å². The fourth-order valence-electron chi connectivity index (χ4n) is 2.17. The average molecular weight is 457 g/mol. The van der Waals surface area contributed by atoms with E-state index in [1.165, 1.54) is 5.38 Å². The maximum Gasteiger partial charge on any atom is 1.00 e. The quantitative estimate of drug-likeness (QED) is 0.100. The standard InChI is InChI=1S/C13H17N5O8S2.Na/c1-5(2)26-17-7(6-4-27-13(14)15-6)10(19)16-8-9(12(21)25-3)18(11(8)20)28(22,23)24;/h4-5,8-9H,1-3H3,(H2,14,15)(H,16,19)(H,22,23,24);/q;+1/p-1/t8-,9-;/m1./s1. The second-order valence-electron chi connectivity index (χ2n) is 5.68. The van der Waals surface area contributed by atoms with Crippen LogP contribution in [0.5, 0.6) is 0 Å². The third-order valence-corrected chi connectivity index (χ3v) is 4.92. The summed E-state index contributed by atoms with van der Waals surface area (Å²) < 4.78 is 37.7. The van der Waals surface area contributed by atoms with Gasteiger partial charge in [-0.15, -0.1) is 11.3 Å². The first-order valence-corrected chi connectivity index (χ1v) is 9.84. The largest absolute Gasteiger partial charge is 1.00 e. The number of ether oxygens (including phenoxy) is 1. The molecule has 2 rings (SSSR count). The Kier molecular flexibility index (Phi) is 8.55. The van der Waals surface area contributed by atoms with Crippen molar-refractivity contribution in [3.63, 3.8) is 0 Å². The third-order valence-electron chi connectivity index (χ3n) is 3.36. The molecular formula is C13H16N5NaO8S2. The van der Waals surface area contributed by atoms with E-state index in [1.54, 1.807) is 13.8 Å². The number of aromatic nitrogens is 1. The molecule has 2 atom stereocenters. The minimum absolute atomic E-state index is 0. The summed E-state index contributed by atoms with van der Waals surface area (Å²) in [6.07, 6.45) is -0.395. The predicted octanol–water partition coefficient (Wildman–Crippen LogP) is -4.81. The van der Waals surface area contributed by atoms with Crippen molar-refractivity contribution in [1.29, 1.82) is 0 Å². The maximum atomic E-state index is 12.6. The summed E-state index contributed by atoms with van der Waals surface area (Å²) in [7, 11) is -4.35. The molecule has 1 saturated heterocycles. The molecule has 1 aliphatic rings. The van der Waals surface area contributed by atoms with Crippen molar-refractivity contribution in [2.24, 2.45) is 5.16 Å². The van der Waals surface area contributed by atoms with Gasteiger partial charge in [0, 0.05) is 5.38 Å². The first kappa shape index (κ1) is 25.3. The van der Waals surface area contributed by atoms with Crippen LogP contribution in [0.3, 0.4) is 0 Å². The molecule has 29 heavy (non-hydrogen) atoms. The Morgan fingerprint density at radius 1 is 1.45 bits per heavy atom. The van der Waals surface area contributed by atoms with Gasteiger partial charge in [-0.25, -0.2) is 22.5 Å². The van der Waals surface area contributed by atoms with Gasteiger partial charge in [0.2, 0.25) is 0 Å². The monoisotopic (exact) mass is 457 g/mol. The molecule has 1 aromatic heterocycles. The van der Waals surface area contributed by atoms with Crippen LogP contribution in [0, 0.1) is 0 Å². The Bertz CT molecular complexity index is 931. The summed E-state index contributed by atoms with van der Waals surface area (Å²) in [5.41, 5.74) is 5.21. The molecular weight excluding hydrogens is 441 g/mol. The Balaban J connectivity index is 0.00000420. The summed E-state index contributed by atoms with van der Waals surface area (Å²) >= 11 is 1.02. The van der Waals surface area contributed by atoms with Gasteiger partial charge in [0.15, 0.2) is 27.2 Å². The second-order valence-corrected chi connectivity index (χ2v) is 7.81. The fourth-order valence-corrected chi connectivity index (χ4v) is 3.54. The van der Waals surface area contributed by atoms with E-state index in [0.29, 0.717) is 0 Å². The zero-order valence-electron chi connectivity index (χ0n) is 15.8. The summed E-state index contributed by atoms with van der Waals surface area (Å²) in [5.74, 6) is -3.49. The minimum Gasteiger partial charge on any atom is -0.731 e. The van der Waals surface area contributed by atoms with Crippen molar-refractivity contribution >= 4 is 50.3 Å². The molecule has 154 valence electrons. The fraction of sp³-hybridized carbons (Fsp3) is 0.462. The van der Waals surface area contributed by atoms with Crippen molar-refractivity contribution < 1.29 is 66.5 Å². The number of hydrogen-bond acceptors (Lipinski definition) is 12. The van der Waals surface area contributed by atoms with E-state index in [9.17, 15) is 27.4 Å². The predicted molar refractivity (Wildman–Crippen MR) is 93.6 cm³/mol. The molecule has 1 fully saturated rings. The number of amides is 2. The molecule has 0 bridgehead atoms. The van der Waals surface area contributed by atoms with E-state index in [4.69, 9.17) is 10.6 Å². The van der Waals surface area contributed by atoms with Crippen LogP contribution in [0.4, 0.5) is 5.13 Å². The number of thiazole rings is 1. The summed E-state index contributed by atoms with van der Waals surface area (Å²) in [5, 5.41) is 7.36. The molecule has 1 aliphatic heterocycles. The molecule has 16 heteroatoms. The Morgan fingerprint density at radius 3 is 2.52 bits per heavy atom. The third kappa shape index (κ3) is 5.64. The molecule has 2 heterocycles. The Labute approximate surface area is 191 Å². The SMILES string of the molecule is COC(=O)[C@H]1[C@@H](NC(=O)C(=NOC(C)C)c2csc(N)n2)C(=O)N1S(=O)(=O)[O-].[Na+]. The van der Waals surface area contributed by atoms with Crippen molar-refractivity contribution in [3.8, 4) is 0 Å². The van der Waals surface area contributed by atoms with Crippen molar-refractivity contribution in [2.75, 3.05) is 12.8 Å². The first-order valence-electron chi connectivity index (χ1n) is 7.60. The van der Waals surface area contributed by atoms with Gasteiger partial charge in [0.25, 0.3) is 11.8 Å². The van der Waals surface area contributed by atoms with Crippen LogP contribution in [0.15, 0.2) is 10.5 Å². The number of methoxy groups -OCH3 is 1. The molecule has 1 aromatic rings. The van der Waals surface area contributed by atoms with Crippen LogP contribution < -0.4 is 40.6 Å². The molecule has 0 spiro atoms. The van der Waals surface area contributed by atoms with E-state index in [1.807, 2.05) is 0 Å². The smallest absolute Gasteiger partial charge is 0.731 e. The maximum absolute atomic E-state index is 12.6. The van der Waals surface area contributed by atoms with Crippen LogP contribution in [0.1, 0.15) is 19.5 Å². The molecule has 0 aliphatic carbocycles. The van der Waals surface area contributed by atoms with Gasteiger partial charge in [-0.3, -0.25) is 9.59 Å². The van der Waals surface area contributed by atoms with Crippen LogP contribution >= 0.6 is 11.3 Å². The van der Waals surface area contributed by atoms with E-state index in [0.717, 1.165) is 18.4 Å². The van der Waals surface area contributed by atoms with E-state index in [2.05, 4.69) is 20.2 Å². The second kappa shape index (κ2) is 9.82. The summed E-state index contributed by atoms with van der Waals surface area (Å²) in [6.45, 7) is 3.29. The van der Waals surface area contributed by atoms with Crippen molar-refractivity contribution in [2.45, 2.75) is 32.0 Å². The van der Waals surface area contributed by atoms with Crippen LogP contribution in [-0.2, 0) is 34.3 Å². The topological polar surface area (TPSA) is 193 Å². The number of nitrogens with zero attached hydrogens (tertiary/aromatic N) is 3. The molecule has 0 unspecified atom stereocenters. The van der Waals surface area contributed by atoms with E-state index >= 15 is 0 Å². The van der Waals surface area contributed by atoms with Gasteiger partial charge in [-0.05, 0) is 13.8 Å². The van der Waals surface area contributed by atoms with Crippen molar-refractivity contribution in [3.05, 3.63) is 11.1 Å². The number of anilines is 1. The van der Waals surface area contributed by atoms with Gasteiger partial charge in [-0.1, -0.05) is 5.16 Å². The molecule has 13 nitrogen and oxygen atoms in total. The Hall–Kier alpha value is -1.78. The van der Waals surface area contributed by atoms with Gasteiger partial charge >= 0.3 is 35.5 Å². The number of nitrogen functional groups attached to an aromatic ring is 1. The molecule has 2 amide bonds. The molecule has 0 radical (unpaired) electrons. The zero-order valence-corrected chi connectivity index (χ0v) is 19.4. The van der Waals surface area contributed by atoms with Crippen LogP contribution in [0.25, 0.3) is 0 Å². The number of carbonyl (C=O) groups is 3. The minimum atomic E-state index is -5.28.